The molecule has 0 aromatic heterocycles. The van der Waals surface area contributed by atoms with Crippen molar-refractivity contribution in [3.8, 4) is 5.75 Å². The summed E-state index contributed by atoms with van der Waals surface area (Å²) in [6.07, 6.45) is 4.71. The van der Waals surface area contributed by atoms with Crippen LogP contribution in [0, 0.1) is 0 Å². The molecule has 120 valence electrons. The summed E-state index contributed by atoms with van der Waals surface area (Å²) in [7, 11) is 0. The maximum atomic E-state index is 11.1. The van der Waals surface area contributed by atoms with E-state index in [9.17, 15) is 4.79 Å². The van der Waals surface area contributed by atoms with Crippen LogP contribution in [0.1, 0.15) is 36.0 Å². The van der Waals surface area contributed by atoms with Crippen molar-refractivity contribution < 1.29 is 19.4 Å². The highest BCUT2D eigenvalue weighted by Crippen LogP contribution is 2.28. The van der Waals surface area contributed by atoms with Crippen LogP contribution < -0.4 is 4.74 Å². The Labute approximate surface area is 130 Å². The SMILES string of the molecule is O=C(O)c1cccc(OC2CCCCC2N2CCOCC2)c1. The maximum absolute atomic E-state index is 11.1. The number of morpholine rings is 1. The van der Waals surface area contributed by atoms with Gasteiger partial charge in [-0.15, -0.1) is 0 Å². The molecule has 0 amide bonds. The molecule has 1 aromatic carbocycles. The van der Waals surface area contributed by atoms with Crippen LogP contribution in [0.15, 0.2) is 24.3 Å². The van der Waals surface area contributed by atoms with Gasteiger partial charge in [0.2, 0.25) is 0 Å². The number of rotatable bonds is 4. The fourth-order valence-corrected chi connectivity index (χ4v) is 3.42. The Hall–Kier alpha value is -1.59. The van der Waals surface area contributed by atoms with Crippen LogP contribution in [-0.2, 0) is 4.74 Å². The normalized spacial score (nSPS) is 26.5. The lowest BCUT2D eigenvalue weighted by molar-refractivity contribution is -0.0281. The summed E-state index contributed by atoms with van der Waals surface area (Å²) in [4.78, 5) is 13.5. The van der Waals surface area contributed by atoms with Gasteiger partial charge in [0.1, 0.15) is 11.9 Å². The summed E-state index contributed by atoms with van der Waals surface area (Å²) >= 11 is 0. The van der Waals surface area contributed by atoms with Crippen molar-refractivity contribution in [2.24, 2.45) is 0 Å². The van der Waals surface area contributed by atoms with Crippen molar-refractivity contribution in [3.05, 3.63) is 29.8 Å². The van der Waals surface area contributed by atoms with E-state index >= 15 is 0 Å². The maximum Gasteiger partial charge on any atom is 0.335 e. The van der Waals surface area contributed by atoms with Gasteiger partial charge in [0.15, 0.2) is 0 Å². The van der Waals surface area contributed by atoms with Crippen molar-refractivity contribution in [1.29, 1.82) is 0 Å². The number of hydrogen-bond donors (Lipinski definition) is 1. The van der Waals surface area contributed by atoms with Gasteiger partial charge in [0, 0.05) is 19.1 Å². The number of hydrogen-bond acceptors (Lipinski definition) is 4. The first-order valence-electron chi connectivity index (χ1n) is 8.06. The minimum absolute atomic E-state index is 0.135. The Morgan fingerprint density at radius 2 is 2.00 bits per heavy atom. The van der Waals surface area contributed by atoms with Gasteiger partial charge in [0.25, 0.3) is 0 Å². The van der Waals surface area contributed by atoms with Crippen LogP contribution in [0.4, 0.5) is 0 Å². The molecule has 1 aliphatic carbocycles. The van der Waals surface area contributed by atoms with Gasteiger partial charge in [-0.25, -0.2) is 4.79 Å². The molecule has 5 heteroatoms. The minimum Gasteiger partial charge on any atom is -0.489 e. The van der Waals surface area contributed by atoms with E-state index in [1.807, 2.05) is 6.07 Å². The summed E-state index contributed by atoms with van der Waals surface area (Å²) in [6.45, 7) is 3.49. The van der Waals surface area contributed by atoms with Crippen molar-refractivity contribution in [1.82, 2.24) is 4.90 Å². The van der Waals surface area contributed by atoms with Crippen molar-refractivity contribution in [3.63, 3.8) is 0 Å². The highest BCUT2D eigenvalue weighted by molar-refractivity contribution is 5.87. The van der Waals surface area contributed by atoms with Crippen LogP contribution >= 0.6 is 0 Å². The van der Waals surface area contributed by atoms with Gasteiger partial charge in [-0.3, -0.25) is 4.90 Å². The van der Waals surface area contributed by atoms with Crippen molar-refractivity contribution in [2.45, 2.75) is 37.8 Å². The first-order chi connectivity index (χ1) is 10.7. The highest BCUT2D eigenvalue weighted by atomic mass is 16.5. The minimum atomic E-state index is -0.918. The summed E-state index contributed by atoms with van der Waals surface area (Å²) in [5.74, 6) is -0.260. The first-order valence-corrected chi connectivity index (χ1v) is 8.06. The molecular formula is C17H23NO4. The molecule has 2 atom stereocenters. The Kier molecular flexibility index (Phi) is 4.95. The predicted molar refractivity (Wildman–Crippen MR) is 82.5 cm³/mol. The molecule has 0 bridgehead atoms. The third kappa shape index (κ3) is 3.59. The number of carboxylic acid groups (broad SMARTS) is 1. The van der Waals surface area contributed by atoms with E-state index < -0.39 is 5.97 Å². The zero-order valence-corrected chi connectivity index (χ0v) is 12.7. The second-order valence-corrected chi connectivity index (χ2v) is 5.99. The number of carbonyl (C=O) groups is 1. The average Bonchev–Trinajstić information content (AvgIpc) is 2.56. The lowest BCUT2D eigenvalue weighted by Crippen LogP contribution is -2.52. The largest absolute Gasteiger partial charge is 0.489 e. The molecular weight excluding hydrogens is 282 g/mol. The lowest BCUT2D eigenvalue weighted by Gasteiger charge is -2.41. The quantitative estimate of drug-likeness (QED) is 0.925. The Balaban J connectivity index is 1.70. The second-order valence-electron chi connectivity index (χ2n) is 5.99. The Morgan fingerprint density at radius 1 is 1.23 bits per heavy atom. The van der Waals surface area contributed by atoms with E-state index in [2.05, 4.69) is 4.90 Å². The molecule has 0 radical (unpaired) electrons. The van der Waals surface area contributed by atoms with E-state index in [0.29, 0.717) is 11.8 Å². The molecule has 5 nitrogen and oxygen atoms in total. The van der Waals surface area contributed by atoms with Crippen LogP contribution in [-0.4, -0.2) is 54.4 Å². The van der Waals surface area contributed by atoms with E-state index in [0.717, 1.165) is 39.1 Å². The molecule has 2 aliphatic rings. The molecule has 2 unspecified atom stereocenters. The smallest absolute Gasteiger partial charge is 0.335 e. The van der Waals surface area contributed by atoms with Crippen molar-refractivity contribution >= 4 is 5.97 Å². The van der Waals surface area contributed by atoms with Gasteiger partial charge in [0.05, 0.1) is 18.8 Å². The Bertz CT molecular complexity index is 513. The molecule has 2 fully saturated rings. The first kappa shape index (κ1) is 15.3. The summed E-state index contributed by atoms with van der Waals surface area (Å²) in [5.41, 5.74) is 0.274. The van der Waals surface area contributed by atoms with Crippen LogP contribution in [0.25, 0.3) is 0 Å². The lowest BCUT2D eigenvalue weighted by atomic mass is 9.91. The topological polar surface area (TPSA) is 59.0 Å². The van der Waals surface area contributed by atoms with Crippen molar-refractivity contribution in [2.75, 3.05) is 26.3 Å². The summed E-state index contributed by atoms with van der Waals surface area (Å²) in [5, 5.41) is 9.09. The Morgan fingerprint density at radius 3 is 2.77 bits per heavy atom. The molecule has 0 spiro atoms. The fourth-order valence-electron chi connectivity index (χ4n) is 3.42. The van der Waals surface area contributed by atoms with Crippen LogP contribution in [0.3, 0.4) is 0 Å². The number of nitrogens with zero attached hydrogens (tertiary/aromatic N) is 1. The third-order valence-electron chi connectivity index (χ3n) is 4.55. The van der Waals surface area contributed by atoms with Crippen LogP contribution in [0.2, 0.25) is 0 Å². The zero-order valence-electron chi connectivity index (χ0n) is 12.7. The van der Waals surface area contributed by atoms with E-state index in [-0.39, 0.29) is 11.7 Å². The fraction of sp³-hybridized carbons (Fsp3) is 0.588. The summed E-state index contributed by atoms with van der Waals surface area (Å²) < 4.78 is 11.6. The molecule has 3 rings (SSSR count). The standard InChI is InChI=1S/C17H23NO4/c19-17(20)13-4-3-5-14(12-13)22-16-7-2-1-6-15(16)18-8-10-21-11-9-18/h3-5,12,15-16H,1-2,6-11H2,(H,19,20). The molecule has 1 aromatic rings. The van der Waals surface area contributed by atoms with E-state index in [4.69, 9.17) is 14.6 Å². The monoisotopic (exact) mass is 305 g/mol. The molecule has 1 heterocycles. The van der Waals surface area contributed by atoms with Gasteiger partial charge in [-0.05, 0) is 37.5 Å². The van der Waals surface area contributed by atoms with Gasteiger partial charge >= 0.3 is 5.97 Å². The van der Waals surface area contributed by atoms with Crippen LogP contribution in [0.5, 0.6) is 5.75 Å². The summed E-state index contributed by atoms with van der Waals surface area (Å²) in [6, 6.07) is 7.21. The number of aromatic carboxylic acids is 1. The van der Waals surface area contributed by atoms with E-state index in [1.54, 1.807) is 18.2 Å². The third-order valence-corrected chi connectivity index (χ3v) is 4.55. The van der Waals surface area contributed by atoms with Gasteiger partial charge in [-0.1, -0.05) is 12.5 Å². The highest BCUT2D eigenvalue weighted by Gasteiger charge is 2.32. The molecule has 1 aliphatic heterocycles. The number of ether oxygens (including phenoxy) is 2. The molecule has 1 N–H and O–H groups in total. The second kappa shape index (κ2) is 7.11. The van der Waals surface area contributed by atoms with E-state index in [1.165, 1.54) is 12.8 Å². The molecule has 22 heavy (non-hydrogen) atoms. The number of benzene rings is 1. The molecule has 1 saturated heterocycles. The predicted octanol–water partition coefficient (Wildman–Crippen LogP) is 2.41. The van der Waals surface area contributed by atoms with Gasteiger partial charge in [-0.2, -0.15) is 0 Å². The van der Waals surface area contributed by atoms with Gasteiger partial charge < -0.3 is 14.6 Å². The molecule has 1 saturated carbocycles. The average molecular weight is 305 g/mol. The zero-order chi connectivity index (χ0) is 15.4. The number of carboxylic acids is 1.